The van der Waals surface area contributed by atoms with Gasteiger partial charge in [-0.2, -0.15) is 5.26 Å². The molecular formula is C7H5Br2NO. The first kappa shape index (κ1) is 8.98. The van der Waals surface area contributed by atoms with E-state index in [0.717, 1.165) is 0 Å². The van der Waals surface area contributed by atoms with Gasteiger partial charge in [-0.3, -0.25) is 0 Å². The summed E-state index contributed by atoms with van der Waals surface area (Å²) in [5, 5.41) is 18.0. The van der Waals surface area contributed by atoms with Crippen molar-refractivity contribution in [3.63, 3.8) is 0 Å². The van der Waals surface area contributed by atoms with E-state index in [1.807, 2.05) is 6.07 Å². The standard InChI is InChI=1S/C7H5Br2NO/c8-6-3-5(4-10)1-2-7(6,9)11/h1-3,6,11H. The van der Waals surface area contributed by atoms with Gasteiger partial charge in [-0.25, -0.2) is 0 Å². The lowest BCUT2D eigenvalue weighted by Gasteiger charge is -2.23. The molecule has 2 unspecified atom stereocenters. The minimum absolute atomic E-state index is 0.255. The molecule has 0 bridgehead atoms. The first-order chi connectivity index (χ1) is 5.06. The minimum Gasteiger partial charge on any atom is -0.374 e. The van der Waals surface area contributed by atoms with Crippen molar-refractivity contribution in [1.29, 1.82) is 5.26 Å². The van der Waals surface area contributed by atoms with Crippen molar-refractivity contribution >= 4 is 31.9 Å². The van der Waals surface area contributed by atoms with Crippen molar-refractivity contribution in [2.45, 2.75) is 9.34 Å². The van der Waals surface area contributed by atoms with Crippen LogP contribution in [0.25, 0.3) is 0 Å². The Balaban J connectivity index is 2.90. The van der Waals surface area contributed by atoms with Crippen LogP contribution in [0.3, 0.4) is 0 Å². The van der Waals surface area contributed by atoms with Gasteiger partial charge in [0.2, 0.25) is 0 Å². The zero-order chi connectivity index (χ0) is 8.48. The maximum Gasteiger partial charge on any atom is 0.154 e. The van der Waals surface area contributed by atoms with Crippen LogP contribution in [0.4, 0.5) is 0 Å². The Morgan fingerprint density at radius 3 is 2.82 bits per heavy atom. The molecule has 0 fully saturated rings. The minimum atomic E-state index is -1.06. The SMILES string of the molecule is N#CC1=CC(Br)C(O)(Br)C=C1. The fourth-order valence-electron chi connectivity index (χ4n) is 0.703. The van der Waals surface area contributed by atoms with Gasteiger partial charge in [0.15, 0.2) is 4.51 Å². The topological polar surface area (TPSA) is 44.0 Å². The quantitative estimate of drug-likeness (QED) is 0.688. The van der Waals surface area contributed by atoms with Crippen LogP contribution in [-0.4, -0.2) is 14.4 Å². The summed E-state index contributed by atoms with van der Waals surface area (Å²) in [6, 6.07) is 1.98. The van der Waals surface area contributed by atoms with Crippen LogP contribution in [0, 0.1) is 11.3 Å². The average molecular weight is 279 g/mol. The molecular weight excluding hydrogens is 274 g/mol. The second-order valence-corrected chi connectivity index (χ2v) is 4.45. The third-order valence-electron chi connectivity index (χ3n) is 1.34. The normalized spacial score (nSPS) is 36.2. The van der Waals surface area contributed by atoms with Gasteiger partial charge in [0, 0.05) is 5.57 Å². The largest absolute Gasteiger partial charge is 0.374 e. The van der Waals surface area contributed by atoms with Gasteiger partial charge in [-0.05, 0) is 34.2 Å². The number of hydrogen-bond acceptors (Lipinski definition) is 2. The summed E-state index contributed by atoms with van der Waals surface area (Å²) in [4.78, 5) is -0.255. The monoisotopic (exact) mass is 277 g/mol. The molecule has 1 rings (SSSR count). The van der Waals surface area contributed by atoms with Gasteiger partial charge in [-0.15, -0.1) is 0 Å². The highest BCUT2D eigenvalue weighted by molar-refractivity contribution is 9.12. The third-order valence-corrected chi connectivity index (χ3v) is 3.67. The Hall–Kier alpha value is -0.110. The highest BCUT2D eigenvalue weighted by Gasteiger charge is 2.30. The van der Waals surface area contributed by atoms with E-state index < -0.39 is 4.51 Å². The fourth-order valence-corrected chi connectivity index (χ4v) is 1.40. The van der Waals surface area contributed by atoms with Gasteiger partial charge < -0.3 is 5.11 Å². The third kappa shape index (κ3) is 1.92. The van der Waals surface area contributed by atoms with E-state index in [1.54, 1.807) is 12.2 Å². The summed E-state index contributed by atoms with van der Waals surface area (Å²) in [6.07, 6.45) is 4.76. The molecule has 4 heteroatoms. The number of halogens is 2. The molecule has 58 valence electrons. The lowest BCUT2D eigenvalue weighted by molar-refractivity contribution is 0.204. The van der Waals surface area contributed by atoms with Gasteiger partial charge in [0.05, 0.1) is 10.9 Å². The van der Waals surface area contributed by atoms with Gasteiger partial charge in [0.25, 0.3) is 0 Å². The molecule has 0 aromatic rings. The summed E-state index contributed by atoms with van der Waals surface area (Å²) in [6.45, 7) is 0. The van der Waals surface area contributed by atoms with Crippen molar-refractivity contribution in [2.24, 2.45) is 0 Å². The lowest BCUT2D eigenvalue weighted by Crippen LogP contribution is -2.29. The van der Waals surface area contributed by atoms with E-state index in [-0.39, 0.29) is 4.83 Å². The molecule has 2 nitrogen and oxygen atoms in total. The molecule has 0 saturated heterocycles. The van der Waals surface area contributed by atoms with Crippen LogP contribution in [0.5, 0.6) is 0 Å². The molecule has 0 saturated carbocycles. The molecule has 0 spiro atoms. The summed E-state index contributed by atoms with van der Waals surface area (Å²) >= 11 is 6.30. The number of nitriles is 1. The molecule has 1 aliphatic carbocycles. The number of rotatable bonds is 0. The highest BCUT2D eigenvalue weighted by atomic mass is 79.9. The van der Waals surface area contributed by atoms with Gasteiger partial charge >= 0.3 is 0 Å². The molecule has 0 aromatic carbocycles. The lowest BCUT2D eigenvalue weighted by atomic mass is 10.1. The van der Waals surface area contributed by atoms with Crippen molar-refractivity contribution in [3.8, 4) is 6.07 Å². The van der Waals surface area contributed by atoms with E-state index in [1.165, 1.54) is 6.08 Å². The van der Waals surface area contributed by atoms with Crippen LogP contribution < -0.4 is 0 Å². The first-order valence-corrected chi connectivity index (χ1v) is 4.63. The number of hydrogen-bond donors (Lipinski definition) is 1. The summed E-state index contributed by atoms with van der Waals surface area (Å²) in [5.41, 5.74) is 0.552. The average Bonchev–Trinajstić information content (AvgIpc) is 1.95. The Morgan fingerprint density at radius 1 is 1.73 bits per heavy atom. The molecule has 0 heterocycles. The van der Waals surface area contributed by atoms with E-state index in [0.29, 0.717) is 5.57 Å². The van der Waals surface area contributed by atoms with Crippen molar-refractivity contribution in [2.75, 3.05) is 0 Å². The van der Waals surface area contributed by atoms with E-state index in [4.69, 9.17) is 5.26 Å². The Kier molecular flexibility index (Phi) is 2.53. The number of nitrogens with zero attached hydrogens (tertiary/aromatic N) is 1. The fraction of sp³-hybridized carbons (Fsp3) is 0.286. The summed E-state index contributed by atoms with van der Waals surface area (Å²) in [7, 11) is 0. The van der Waals surface area contributed by atoms with Crippen molar-refractivity contribution in [1.82, 2.24) is 0 Å². The Bertz CT molecular complexity index is 262. The van der Waals surface area contributed by atoms with E-state index >= 15 is 0 Å². The first-order valence-electron chi connectivity index (χ1n) is 2.93. The van der Waals surface area contributed by atoms with Crippen LogP contribution in [0.1, 0.15) is 0 Å². The van der Waals surface area contributed by atoms with Crippen LogP contribution in [0.2, 0.25) is 0 Å². The molecule has 2 atom stereocenters. The Morgan fingerprint density at radius 2 is 2.36 bits per heavy atom. The van der Waals surface area contributed by atoms with Crippen LogP contribution in [-0.2, 0) is 0 Å². The van der Waals surface area contributed by atoms with Crippen molar-refractivity contribution in [3.05, 3.63) is 23.8 Å². The smallest absolute Gasteiger partial charge is 0.154 e. The van der Waals surface area contributed by atoms with Gasteiger partial charge in [-0.1, -0.05) is 15.9 Å². The van der Waals surface area contributed by atoms with Crippen molar-refractivity contribution < 1.29 is 5.11 Å². The van der Waals surface area contributed by atoms with Crippen LogP contribution in [0.15, 0.2) is 23.8 Å². The molecule has 1 aliphatic rings. The predicted octanol–water partition coefficient (Wildman–Crippen LogP) is 1.85. The Labute approximate surface area is 81.5 Å². The summed E-state index contributed by atoms with van der Waals surface area (Å²) < 4.78 is -1.06. The summed E-state index contributed by atoms with van der Waals surface area (Å²) in [5.74, 6) is 0. The molecule has 11 heavy (non-hydrogen) atoms. The van der Waals surface area contributed by atoms with Gasteiger partial charge in [0.1, 0.15) is 0 Å². The second kappa shape index (κ2) is 3.10. The maximum atomic E-state index is 9.49. The number of allylic oxidation sites excluding steroid dienone is 2. The van der Waals surface area contributed by atoms with Crippen LogP contribution >= 0.6 is 31.9 Å². The number of aliphatic hydroxyl groups is 1. The molecule has 0 radical (unpaired) electrons. The highest BCUT2D eigenvalue weighted by Crippen LogP contribution is 2.32. The molecule has 0 aliphatic heterocycles. The molecule has 0 amide bonds. The molecule has 0 aromatic heterocycles. The zero-order valence-corrected chi connectivity index (χ0v) is 8.63. The zero-order valence-electron chi connectivity index (χ0n) is 5.46. The predicted molar refractivity (Wildman–Crippen MR) is 49.4 cm³/mol. The second-order valence-electron chi connectivity index (χ2n) is 2.20. The van der Waals surface area contributed by atoms with E-state index in [9.17, 15) is 5.11 Å². The molecule has 1 N–H and O–H groups in total. The number of alkyl halides is 2. The van der Waals surface area contributed by atoms with E-state index in [2.05, 4.69) is 31.9 Å². The maximum absolute atomic E-state index is 9.49.